The molecule has 220 valence electrons. The quantitative estimate of drug-likeness (QED) is 0.223. The molecule has 2 aliphatic rings. The third-order valence-electron chi connectivity index (χ3n) is 9.80. The maximum atomic E-state index is 15.3. The lowest BCUT2D eigenvalue weighted by Gasteiger charge is -2.38. The highest BCUT2D eigenvalue weighted by Crippen LogP contribution is 2.45. The molecule has 5 rings (SSSR count). The van der Waals surface area contributed by atoms with Crippen LogP contribution in [-0.4, -0.2) is 6.61 Å². The summed E-state index contributed by atoms with van der Waals surface area (Å²) < 4.78 is 50.1. The molecule has 0 spiro atoms. The van der Waals surface area contributed by atoms with Crippen molar-refractivity contribution in [2.45, 2.75) is 96.8 Å². The van der Waals surface area contributed by atoms with Gasteiger partial charge < -0.3 is 4.74 Å². The minimum absolute atomic E-state index is 0.0681. The lowest BCUT2D eigenvalue weighted by Crippen LogP contribution is -2.25. The second kappa shape index (κ2) is 13.9. The van der Waals surface area contributed by atoms with Crippen LogP contribution in [0, 0.1) is 35.2 Å². The lowest BCUT2D eigenvalue weighted by molar-refractivity contribution is 0.156. The Morgan fingerprint density at radius 1 is 0.659 bits per heavy atom. The topological polar surface area (TPSA) is 9.23 Å². The van der Waals surface area contributed by atoms with Gasteiger partial charge in [-0.05, 0) is 104 Å². The molecule has 0 saturated heterocycles. The summed E-state index contributed by atoms with van der Waals surface area (Å²) in [6.45, 7) is 4.67. The van der Waals surface area contributed by atoms with E-state index in [2.05, 4.69) is 13.0 Å². The third-order valence-corrected chi connectivity index (χ3v) is 9.80. The van der Waals surface area contributed by atoms with Crippen molar-refractivity contribution in [1.29, 1.82) is 0 Å². The van der Waals surface area contributed by atoms with Gasteiger partial charge in [0.25, 0.3) is 0 Å². The molecule has 0 N–H and O–H groups in total. The van der Waals surface area contributed by atoms with Crippen molar-refractivity contribution in [1.82, 2.24) is 0 Å². The number of rotatable bonds is 10. The molecule has 2 aliphatic carbocycles. The van der Waals surface area contributed by atoms with Gasteiger partial charge in [0.15, 0.2) is 11.6 Å². The predicted molar refractivity (Wildman–Crippen MR) is 163 cm³/mol. The van der Waals surface area contributed by atoms with Crippen molar-refractivity contribution in [2.75, 3.05) is 6.61 Å². The molecule has 0 radical (unpaired) electrons. The zero-order valence-corrected chi connectivity index (χ0v) is 24.7. The SMILES string of the molecule is CCCCOc1ccc(-c2ccc(-c3ccc(C4CCC(C5CCC(CCC)CC5)CC4)cc3F)cc2)c(F)c1F. The lowest BCUT2D eigenvalue weighted by atomic mass is 9.68. The van der Waals surface area contributed by atoms with E-state index in [-0.39, 0.29) is 17.1 Å². The number of unbranched alkanes of at least 4 members (excludes halogenated alkanes) is 1. The van der Waals surface area contributed by atoms with E-state index in [1.54, 1.807) is 30.3 Å². The predicted octanol–water partition coefficient (Wildman–Crippen LogP) is 11.5. The number of benzene rings is 3. The Bertz CT molecular complexity index is 1270. The summed E-state index contributed by atoms with van der Waals surface area (Å²) in [6.07, 6.45) is 14.9. The number of halogens is 3. The fraction of sp³-hybridized carbons (Fsp3) is 0.514. The fourth-order valence-electron chi connectivity index (χ4n) is 7.32. The van der Waals surface area contributed by atoms with Crippen LogP contribution in [0.2, 0.25) is 0 Å². The Hall–Kier alpha value is -2.75. The molecule has 0 aromatic heterocycles. The Balaban J connectivity index is 1.20. The second-order valence-corrected chi connectivity index (χ2v) is 12.4. The van der Waals surface area contributed by atoms with Crippen LogP contribution in [0.5, 0.6) is 5.75 Å². The highest BCUT2D eigenvalue weighted by Gasteiger charge is 2.31. The monoisotopic (exact) mass is 562 g/mol. The van der Waals surface area contributed by atoms with Crippen molar-refractivity contribution in [3.8, 4) is 28.0 Å². The molecular weight excluding hydrogens is 517 g/mol. The molecular formula is C37H45F3O. The van der Waals surface area contributed by atoms with Gasteiger partial charge in [0.05, 0.1) is 6.61 Å². The van der Waals surface area contributed by atoms with Gasteiger partial charge in [0.2, 0.25) is 5.82 Å². The first-order chi connectivity index (χ1) is 20.0. The number of hydrogen-bond acceptors (Lipinski definition) is 1. The smallest absolute Gasteiger partial charge is 0.201 e. The van der Waals surface area contributed by atoms with Crippen molar-refractivity contribution in [3.05, 3.63) is 77.6 Å². The molecule has 0 heterocycles. The first-order valence-corrected chi connectivity index (χ1v) is 16.0. The molecule has 41 heavy (non-hydrogen) atoms. The third kappa shape index (κ3) is 7.01. The summed E-state index contributed by atoms with van der Waals surface area (Å²) in [5.41, 5.74) is 3.06. The van der Waals surface area contributed by atoms with Gasteiger partial charge in [0.1, 0.15) is 5.82 Å². The molecule has 4 heteroatoms. The normalized spacial score (nSPS) is 23.0. The maximum absolute atomic E-state index is 15.3. The first kappa shape index (κ1) is 29.7. The summed E-state index contributed by atoms with van der Waals surface area (Å²) >= 11 is 0. The van der Waals surface area contributed by atoms with Gasteiger partial charge in [-0.2, -0.15) is 4.39 Å². The Morgan fingerprint density at radius 3 is 1.88 bits per heavy atom. The Morgan fingerprint density at radius 2 is 1.27 bits per heavy atom. The van der Waals surface area contributed by atoms with Crippen LogP contribution in [-0.2, 0) is 0 Å². The largest absolute Gasteiger partial charge is 0.490 e. The van der Waals surface area contributed by atoms with Crippen LogP contribution in [0.4, 0.5) is 13.2 Å². The molecule has 0 amide bonds. The van der Waals surface area contributed by atoms with E-state index in [0.29, 0.717) is 23.7 Å². The van der Waals surface area contributed by atoms with Gasteiger partial charge >= 0.3 is 0 Å². The Kier molecular flexibility index (Phi) is 10.1. The van der Waals surface area contributed by atoms with Crippen LogP contribution < -0.4 is 4.74 Å². The van der Waals surface area contributed by atoms with Gasteiger partial charge in [-0.1, -0.05) is 82.3 Å². The van der Waals surface area contributed by atoms with Crippen molar-refractivity contribution >= 4 is 0 Å². The van der Waals surface area contributed by atoms with E-state index < -0.39 is 11.6 Å². The zero-order valence-electron chi connectivity index (χ0n) is 24.7. The molecule has 3 aromatic rings. The second-order valence-electron chi connectivity index (χ2n) is 12.4. The Labute approximate surface area is 244 Å². The summed E-state index contributed by atoms with van der Waals surface area (Å²) in [6, 6.07) is 15.7. The van der Waals surface area contributed by atoms with E-state index in [0.717, 1.165) is 54.6 Å². The highest BCUT2D eigenvalue weighted by atomic mass is 19.2. The fourth-order valence-corrected chi connectivity index (χ4v) is 7.32. The van der Waals surface area contributed by atoms with Gasteiger partial charge in [-0.15, -0.1) is 0 Å². The summed E-state index contributed by atoms with van der Waals surface area (Å²) in [5.74, 6) is 0.933. The maximum Gasteiger partial charge on any atom is 0.201 e. The van der Waals surface area contributed by atoms with Crippen LogP contribution >= 0.6 is 0 Å². The first-order valence-electron chi connectivity index (χ1n) is 16.0. The van der Waals surface area contributed by atoms with Gasteiger partial charge in [0, 0.05) is 11.1 Å². The van der Waals surface area contributed by atoms with Crippen LogP contribution in [0.3, 0.4) is 0 Å². The van der Waals surface area contributed by atoms with Gasteiger partial charge in [-0.25, -0.2) is 8.78 Å². The molecule has 0 atom stereocenters. The number of ether oxygens (including phenoxy) is 1. The average molecular weight is 563 g/mol. The minimum Gasteiger partial charge on any atom is -0.490 e. The van der Waals surface area contributed by atoms with Crippen molar-refractivity contribution in [2.24, 2.45) is 17.8 Å². The molecule has 1 nitrogen and oxygen atoms in total. The molecule has 2 saturated carbocycles. The average Bonchev–Trinajstić information content (AvgIpc) is 3.00. The van der Waals surface area contributed by atoms with Crippen molar-refractivity contribution < 1.29 is 17.9 Å². The van der Waals surface area contributed by atoms with Crippen LogP contribution in [0.1, 0.15) is 102 Å². The summed E-state index contributed by atoms with van der Waals surface area (Å²) in [7, 11) is 0. The summed E-state index contributed by atoms with van der Waals surface area (Å²) in [5, 5.41) is 0. The van der Waals surface area contributed by atoms with Crippen LogP contribution in [0.15, 0.2) is 54.6 Å². The van der Waals surface area contributed by atoms with E-state index >= 15 is 4.39 Å². The minimum atomic E-state index is -0.974. The van der Waals surface area contributed by atoms with E-state index in [9.17, 15) is 8.78 Å². The van der Waals surface area contributed by atoms with E-state index in [1.807, 2.05) is 13.0 Å². The molecule has 3 aromatic carbocycles. The van der Waals surface area contributed by atoms with E-state index in [1.165, 1.54) is 63.5 Å². The van der Waals surface area contributed by atoms with Crippen LogP contribution in [0.25, 0.3) is 22.3 Å². The van der Waals surface area contributed by atoms with E-state index in [4.69, 9.17) is 4.74 Å². The molecule has 0 aliphatic heterocycles. The zero-order chi connectivity index (χ0) is 28.8. The highest BCUT2D eigenvalue weighted by molar-refractivity contribution is 5.71. The number of hydrogen-bond donors (Lipinski definition) is 0. The summed E-state index contributed by atoms with van der Waals surface area (Å²) in [4.78, 5) is 0. The van der Waals surface area contributed by atoms with Crippen molar-refractivity contribution in [3.63, 3.8) is 0 Å². The molecule has 0 unspecified atom stereocenters. The van der Waals surface area contributed by atoms with Gasteiger partial charge in [-0.3, -0.25) is 0 Å². The standard InChI is InChI=1S/C37H45F3O/c1-3-5-23-41-35-22-21-33(36(39)37(35)40)30-17-15-29(16-18-30)32-20-19-31(24-34(32)38)28-13-11-27(12-14-28)26-9-7-25(6-4-2)8-10-26/h15-22,24-28H,3-14,23H2,1-2H3. The molecule has 0 bridgehead atoms. The molecule has 2 fully saturated rings.